The second-order valence-electron chi connectivity index (χ2n) is 7.31. The van der Waals surface area contributed by atoms with E-state index in [1.165, 1.54) is 11.1 Å². The minimum atomic E-state index is -0.456. The third-order valence-corrected chi connectivity index (χ3v) is 5.78. The van der Waals surface area contributed by atoms with Gasteiger partial charge in [0.2, 0.25) is 11.8 Å². The van der Waals surface area contributed by atoms with E-state index in [0.717, 1.165) is 16.9 Å². The monoisotopic (exact) mass is 412 g/mol. The van der Waals surface area contributed by atoms with Gasteiger partial charge in [0.25, 0.3) is 0 Å². The topological polar surface area (TPSA) is 49.4 Å². The zero-order chi connectivity index (χ0) is 21.2. The lowest BCUT2D eigenvalue weighted by Crippen LogP contribution is -2.49. The lowest BCUT2D eigenvalue weighted by atomic mass is 10.1. The number of nitrogens with zero attached hydrogens (tertiary/aromatic N) is 1. The predicted molar refractivity (Wildman–Crippen MR) is 122 cm³/mol. The molecule has 0 fully saturated rings. The maximum absolute atomic E-state index is 13.1. The molecule has 0 unspecified atom stereocenters. The van der Waals surface area contributed by atoms with Gasteiger partial charge in [0.05, 0.1) is 5.75 Å². The van der Waals surface area contributed by atoms with Crippen LogP contribution in [0, 0.1) is 13.8 Å². The van der Waals surface area contributed by atoms with Crippen LogP contribution in [-0.2, 0) is 21.9 Å². The third-order valence-electron chi connectivity index (χ3n) is 4.79. The molecule has 0 saturated heterocycles. The molecule has 1 N–H and O–H groups in total. The molecule has 0 aliphatic heterocycles. The first-order valence-electron chi connectivity index (χ1n) is 10.2. The molecule has 0 aliphatic rings. The zero-order valence-electron chi connectivity index (χ0n) is 17.9. The third kappa shape index (κ3) is 7.24. The van der Waals surface area contributed by atoms with Crippen molar-refractivity contribution in [2.45, 2.75) is 52.5 Å². The Hall–Kier alpha value is -2.27. The van der Waals surface area contributed by atoms with Crippen molar-refractivity contribution >= 4 is 23.6 Å². The molecule has 29 heavy (non-hydrogen) atoms. The first-order chi connectivity index (χ1) is 13.9. The maximum atomic E-state index is 13.1. The summed E-state index contributed by atoms with van der Waals surface area (Å²) >= 11 is 1.59. The highest BCUT2D eigenvalue weighted by Gasteiger charge is 2.28. The maximum Gasteiger partial charge on any atom is 0.242 e. The van der Waals surface area contributed by atoms with Gasteiger partial charge in [-0.2, -0.15) is 0 Å². The molecule has 4 nitrogen and oxygen atoms in total. The van der Waals surface area contributed by atoms with Crippen LogP contribution in [0.1, 0.15) is 42.5 Å². The summed E-state index contributed by atoms with van der Waals surface area (Å²) in [7, 11) is 0. The summed E-state index contributed by atoms with van der Waals surface area (Å²) in [4.78, 5) is 27.4. The van der Waals surface area contributed by atoms with Gasteiger partial charge in [-0.05, 0) is 38.3 Å². The number of rotatable bonds is 10. The largest absolute Gasteiger partial charge is 0.355 e. The molecule has 5 heteroatoms. The minimum Gasteiger partial charge on any atom is -0.355 e. The summed E-state index contributed by atoms with van der Waals surface area (Å²) in [6, 6.07) is 16.0. The number of carbonyl (C=O) groups excluding carboxylic acids is 2. The quantitative estimate of drug-likeness (QED) is 0.626. The molecule has 156 valence electrons. The number of likely N-dealkylation sites (N-methyl/N-ethyl adjacent to an activating group) is 1. The number of thioether (sulfide) groups is 1. The Balaban J connectivity index is 2.10. The van der Waals surface area contributed by atoms with E-state index in [-0.39, 0.29) is 11.8 Å². The van der Waals surface area contributed by atoms with Crippen LogP contribution in [-0.4, -0.2) is 35.1 Å². The van der Waals surface area contributed by atoms with E-state index in [1.54, 1.807) is 16.7 Å². The van der Waals surface area contributed by atoms with E-state index in [1.807, 2.05) is 39.0 Å². The van der Waals surface area contributed by atoms with Crippen LogP contribution in [0.2, 0.25) is 0 Å². The molecule has 2 amide bonds. The van der Waals surface area contributed by atoms with Crippen molar-refractivity contribution in [2.24, 2.45) is 0 Å². The molecule has 1 atom stereocenters. The number of hydrogen-bond donors (Lipinski definition) is 1. The number of hydrogen-bond acceptors (Lipinski definition) is 3. The Bertz CT molecular complexity index is 805. The molecule has 2 aromatic carbocycles. The number of carbonyl (C=O) groups is 2. The molecule has 0 heterocycles. The second kappa shape index (κ2) is 11.7. The summed E-state index contributed by atoms with van der Waals surface area (Å²) in [6.07, 6.45) is 0.589. The van der Waals surface area contributed by atoms with Crippen LogP contribution in [0.25, 0.3) is 0 Å². The summed E-state index contributed by atoms with van der Waals surface area (Å²) < 4.78 is 0. The SMILES string of the molecule is CCNC(=O)[C@@H](CC)N(Cc1cccc(C)c1)C(=O)CSCc1ccc(C)cc1. The molecule has 0 radical (unpaired) electrons. The summed E-state index contributed by atoms with van der Waals surface area (Å²) in [6.45, 7) is 8.96. The van der Waals surface area contributed by atoms with Crippen molar-refractivity contribution in [3.05, 3.63) is 70.8 Å². The van der Waals surface area contributed by atoms with E-state index < -0.39 is 6.04 Å². The Morgan fingerprint density at radius 1 is 1.00 bits per heavy atom. The van der Waals surface area contributed by atoms with Gasteiger partial charge in [-0.25, -0.2) is 0 Å². The van der Waals surface area contributed by atoms with E-state index in [2.05, 4.69) is 42.6 Å². The van der Waals surface area contributed by atoms with Crippen LogP contribution in [0.5, 0.6) is 0 Å². The first kappa shape index (κ1) is 23.0. The van der Waals surface area contributed by atoms with Crippen LogP contribution >= 0.6 is 11.8 Å². The summed E-state index contributed by atoms with van der Waals surface area (Å²) in [5.74, 6) is 1.05. The average Bonchev–Trinajstić information content (AvgIpc) is 2.69. The molecular weight excluding hydrogens is 380 g/mol. The van der Waals surface area contributed by atoms with Crippen molar-refractivity contribution in [2.75, 3.05) is 12.3 Å². The predicted octanol–water partition coefficient (Wildman–Crippen LogP) is 4.48. The van der Waals surface area contributed by atoms with Gasteiger partial charge >= 0.3 is 0 Å². The fraction of sp³-hybridized carbons (Fsp3) is 0.417. The highest BCUT2D eigenvalue weighted by molar-refractivity contribution is 7.99. The highest BCUT2D eigenvalue weighted by atomic mass is 32.2. The minimum absolute atomic E-state index is 0.00159. The molecule has 2 rings (SSSR count). The van der Waals surface area contributed by atoms with Crippen LogP contribution in [0.3, 0.4) is 0 Å². The van der Waals surface area contributed by atoms with Crippen molar-refractivity contribution < 1.29 is 9.59 Å². The fourth-order valence-corrected chi connectivity index (χ4v) is 4.11. The van der Waals surface area contributed by atoms with Crippen LogP contribution in [0.4, 0.5) is 0 Å². The Kier molecular flexibility index (Phi) is 9.26. The molecule has 2 aromatic rings. The lowest BCUT2D eigenvalue weighted by molar-refractivity contribution is -0.139. The average molecular weight is 413 g/mol. The van der Waals surface area contributed by atoms with Gasteiger partial charge in [0.1, 0.15) is 6.04 Å². The fourth-order valence-electron chi connectivity index (χ4n) is 3.24. The van der Waals surface area contributed by atoms with Gasteiger partial charge in [-0.1, -0.05) is 66.6 Å². The van der Waals surface area contributed by atoms with Gasteiger partial charge in [-0.3, -0.25) is 9.59 Å². The number of benzene rings is 2. The standard InChI is InChI=1S/C24H32N2O2S/c1-5-22(24(28)25-6-2)26(15-21-9-7-8-19(4)14-21)23(27)17-29-16-20-12-10-18(3)11-13-20/h7-14,22H,5-6,15-17H2,1-4H3,(H,25,28)/t22-/m1/s1. The van der Waals surface area contributed by atoms with Crippen LogP contribution < -0.4 is 5.32 Å². The van der Waals surface area contributed by atoms with E-state index in [0.29, 0.717) is 25.3 Å². The van der Waals surface area contributed by atoms with E-state index in [4.69, 9.17) is 0 Å². The molecular formula is C24H32N2O2S. The number of amides is 2. The van der Waals surface area contributed by atoms with Gasteiger partial charge in [-0.15, -0.1) is 11.8 Å². The van der Waals surface area contributed by atoms with E-state index >= 15 is 0 Å². The van der Waals surface area contributed by atoms with Gasteiger partial charge in [0.15, 0.2) is 0 Å². The highest BCUT2D eigenvalue weighted by Crippen LogP contribution is 2.18. The lowest BCUT2D eigenvalue weighted by Gasteiger charge is -2.30. The van der Waals surface area contributed by atoms with Crippen molar-refractivity contribution in [3.8, 4) is 0 Å². The van der Waals surface area contributed by atoms with Gasteiger partial charge in [0, 0.05) is 18.8 Å². The van der Waals surface area contributed by atoms with Gasteiger partial charge < -0.3 is 10.2 Å². The number of nitrogens with one attached hydrogen (secondary N) is 1. The first-order valence-corrected chi connectivity index (χ1v) is 11.4. The summed E-state index contributed by atoms with van der Waals surface area (Å²) in [5, 5.41) is 2.88. The molecule has 0 spiro atoms. The summed E-state index contributed by atoms with van der Waals surface area (Å²) in [5.41, 5.74) is 4.63. The Morgan fingerprint density at radius 3 is 2.34 bits per heavy atom. The zero-order valence-corrected chi connectivity index (χ0v) is 18.7. The smallest absolute Gasteiger partial charge is 0.242 e. The molecule has 0 saturated carbocycles. The van der Waals surface area contributed by atoms with Crippen LogP contribution in [0.15, 0.2) is 48.5 Å². The van der Waals surface area contributed by atoms with Crippen molar-refractivity contribution in [3.63, 3.8) is 0 Å². The Labute approximate surface area is 179 Å². The second-order valence-corrected chi connectivity index (χ2v) is 8.29. The van der Waals surface area contributed by atoms with E-state index in [9.17, 15) is 9.59 Å². The normalized spacial score (nSPS) is 11.7. The molecule has 0 aromatic heterocycles. The molecule has 0 aliphatic carbocycles. The number of aryl methyl sites for hydroxylation is 2. The van der Waals surface area contributed by atoms with Crippen molar-refractivity contribution in [1.82, 2.24) is 10.2 Å². The Morgan fingerprint density at radius 2 is 1.72 bits per heavy atom. The van der Waals surface area contributed by atoms with Crippen molar-refractivity contribution in [1.29, 1.82) is 0 Å². The molecule has 0 bridgehead atoms.